The van der Waals surface area contributed by atoms with E-state index in [2.05, 4.69) is 15.7 Å². The van der Waals surface area contributed by atoms with Crippen LogP contribution in [0.5, 0.6) is 5.75 Å². The summed E-state index contributed by atoms with van der Waals surface area (Å²) in [5.41, 5.74) is 2.24. The Morgan fingerprint density at radius 1 is 1.15 bits per heavy atom. The lowest BCUT2D eigenvalue weighted by atomic mass is 10.0. The first-order chi connectivity index (χ1) is 16.0. The van der Waals surface area contributed by atoms with E-state index in [1.165, 1.54) is 23.8 Å². The maximum Gasteiger partial charge on any atom is 0.265 e. The van der Waals surface area contributed by atoms with Crippen LogP contribution < -0.4 is 9.46 Å². The summed E-state index contributed by atoms with van der Waals surface area (Å²) in [4.78, 5) is 15.0. The van der Waals surface area contributed by atoms with Gasteiger partial charge in [0, 0.05) is 49.4 Å². The molecule has 0 aromatic heterocycles. The highest BCUT2D eigenvalue weighted by molar-refractivity contribution is 7.95. The molecule has 1 atom stereocenters. The molecule has 2 aromatic rings. The molecule has 0 radical (unpaired) electrons. The Balaban J connectivity index is 1.26. The van der Waals surface area contributed by atoms with E-state index in [9.17, 15) is 9.18 Å². The molecule has 5 rings (SSSR count). The number of halogens is 2. The lowest BCUT2D eigenvalue weighted by Gasteiger charge is -2.33. The van der Waals surface area contributed by atoms with Gasteiger partial charge in [-0.1, -0.05) is 23.7 Å². The van der Waals surface area contributed by atoms with E-state index in [-0.39, 0.29) is 17.6 Å². The Morgan fingerprint density at radius 2 is 2.00 bits per heavy atom. The SMILES string of the molecule is O=C(NSN1CCC1)c1cc(C2CC2)c(O[C@@H]2CCCN(Cc3cccc(Cl)c3)C2)cc1F. The van der Waals surface area contributed by atoms with Gasteiger partial charge in [-0.15, -0.1) is 0 Å². The van der Waals surface area contributed by atoms with E-state index in [0.717, 1.165) is 75.4 Å². The number of likely N-dealkylation sites (tertiary alicyclic amines) is 1. The van der Waals surface area contributed by atoms with Crippen LogP contribution in [0.1, 0.15) is 59.5 Å². The van der Waals surface area contributed by atoms with E-state index in [4.69, 9.17) is 16.3 Å². The summed E-state index contributed by atoms with van der Waals surface area (Å²) in [5.74, 6) is 0.0313. The topological polar surface area (TPSA) is 44.8 Å². The minimum Gasteiger partial charge on any atom is -0.489 e. The standard InChI is InChI=1S/C25H29ClFN3O2S/c26-19-5-1-4-17(12-19)15-29-9-2-6-20(16-29)32-24-14-23(27)22(13-21(24)18-7-8-18)25(31)28-33-30-10-3-11-30/h1,4-5,12-14,18,20H,2-3,6-11,15-16H2,(H,28,31)/t20-/m1/s1. The Kier molecular flexibility index (Phi) is 7.11. The first kappa shape index (κ1) is 23.0. The van der Waals surface area contributed by atoms with E-state index < -0.39 is 5.82 Å². The lowest BCUT2D eigenvalue weighted by molar-refractivity contribution is 0.0832. The molecule has 2 aromatic carbocycles. The number of benzene rings is 2. The maximum atomic E-state index is 15.0. The summed E-state index contributed by atoms with van der Waals surface area (Å²) >= 11 is 7.40. The summed E-state index contributed by atoms with van der Waals surface area (Å²) in [7, 11) is 0. The third-order valence-electron chi connectivity index (χ3n) is 6.49. The van der Waals surface area contributed by atoms with Crippen molar-refractivity contribution in [1.29, 1.82) is 0 Å². The molecule has 1 aliphatic carbocycles. The number of amides is 1. The van der Waals surface area contributed by atoms with Crippen LogP contribution >= 0.6 is 23.7 Å². The summed E-state index contributed by atoms with van der Waals surface area (Å²) < 4.78 is 26.1. The number of ether oxygens (including phenoxy) is 1. The minimum absolute atomic E-state index is 0.00326. The van der Waals surface area contributed by atoms with Gasteiger partial charge in [0.2, 0.25) is 0 Å². The molecule has 2 saturated heterocycles. The Bertz CT molecular complexity index is 1020. The number of nitrogens with zero attached hydrogens (tertiary/aromatic N) is 2. The van der Waals surface area contributed by atoms with Crippen molar-refractivity contribution >= 4 is 29.6 Å². The van der Waals surface area contributed by atoms with Crippen molar-refractivity contribution in [2.24, 2.45) is 0 Å². The number of carbonyl (C=O) groups excluding carboxylic acids is 1. The summed E-state index contributed by atoms with van der Waals surface area (Å²) in [5, 5.41) is 0.745. The summed E-state index contributed by atoms with van der Waals surface area (Å²) in [6.07, 6.45) is 5.20. The average molecular weight is 490 g/mol. The Labute approximate surface area is 203 Å². The largest absolute Gasteiger partial charge is 0.489 e. The van der Waals surface area contributed by atoms with Gasteiger partial charge in [0.15, 0.2) is 0 Å². The molecule has 5 nitrogen and oxygen atoms in total. The molecule has 1 saturated carbocycles. The van der Waals surface area contributed by atoms with Crippen molar-refractivity contribution in [2.45, 2.75) is 50.7 Å². The zero-order valence-electron chi connectivity index (χ0n) is 18.6. The van der Waals surface area contributed by atoms with Gasteiger partial charge in [0.05, 0.1) is 5.56 Å². The molecule has 2 aliphatic heterocycles. The second kappa shape index (κ2) is 10.2. The normalized spacial score (nSPS) is 21.5. The number of hydrogen-bond acceptors (Lipinski definition) is 5. The first-order valence-electron chi connectivity index (χ1n) is 11.7. The van der Waals surface area contributed by atoms with E-state index in [0.29, 0.717) is 11.7 Å². The zero-order chi connectivity index (χ0) is 22.8. The van der Waals surface area contributed by atoms with Crippen molar-refractivity contribution in [3.8, 4) is 5.75 Å². The lowest BCUT2D eigenvalue weighted by Crippen LogP contribution is -2.40. The number of piperidine rings is 1. The Morgan fingerprint density at radius 3 is 2.73 bits per heavy atom. The highest BCUT2D eigenvalue weighted by Gasteiger charge is 2.31. The van der Waals surface area contributed by atoms with Crippen LogP contribution in [0, 0.1) is 5.82 Å². The number of rotatable bonds is 8. The van der Waals surface area contributed by atoms with E-state index in [1.54, 1.807) is 6.07 Å². The molecular weight excluding hydrogens is 461 g/mol. The van der Waals surface area contributed by atoms with Crippen LogP contribution in [-0.2, 0) is 6.54 Å². The molecule has 176 valence electrons. The van der Waals surface area contributed by atoms with Crippen LogP contribution in [0.25, 0.3) is 0 Å². The molecule has 2 heterocycles. The van der Waals surface area contributed by atoms with Crippen molar-refractivity contribution in [1.82, 2.24) is 13.9 Å². The Hall–Kier alpha value is -1.80. The second-order valence-electron chi connectivity index (χ2n) is 9.20. The van der Waals surface area contributed by atoms with Crippen molar-refractivity contribution in [3.05, 3.63) is 63.9 Å². The molecule has 3 fully saturated rings. The third-order valence-corrected chi connectivity index (χ3v) is 7.63. The van der Waals surface area contributed by atoms with Crippen molar-refractivity contribution in [2.75, 3.05) is 26.2 Å². The van der Waals surface area contributed by atoms with Crippen LogP contribution in [0.4, 0.5) is 4.39 Å². The predicted molar refractivity (Wildman–Crippen MR) is 130 cm³/mol. The molecule has 1 N–H and O–H groups in total. The van der Waals surface area contributed by atoms with Gasteiger partial charge in [0.1, 0.15) is 17.7 Å². The first-order valence-corrected chi connectivity index (χ1v) is 12.9. The fraction of sp³-hybridized carbons (Fsp3) is 0.480. The van der Waals surface area contributed by atoms with Crippen molar-refractivity contribution < 1.29 is 13.9 Å². The maximum absolute atomic E-state index is 15.0. The fourth-order valence-corrected chi connectivity index (χ4v) is 5.40. The number of nitrogens with one attached hydrogen (secondary N) is 1. The van der Waals surface area contributed by atoms with Crippen LogP contribution in [0.3, 0.4) is 0 Å². The smallest absolute Gasteiger partial charge is 0.265 e. The molecule has 33 heavy (non-hydrogen) atoms. The number of carbonyl (C=O) groups is 1. The van der Waals surface area contributed by atoms with Gasteiger partial charge in [-0.3, -0.25) is 14.4 Å². The quantitative estimate of drug-likeness (QED) is 0.503. The highest BCUT2D eigenvalue weighted by Crippen LogP contribution is 2.45. The third kappa shape index (κ3) is 5.83. The molecule has 0 spiro atoms. The van der Waals surface area contributed by atoms with E-state index in [1.807, 2.05) is 22.5 Å². The summed E-state index contributed by atoms with van der Waals surface area (Å²) in [6.45, 7) is 4.50. The zero-order valence-corrected chi connectivity index (χ0v) is 20.1. The predicted octanol–water partition coefficient (Wildman–Crippen LogP) is 5.40. The van der Waals surface area contributed by atoms with Gasteiger partial charge in [0.25, 0.3) is 5.91 Å². The fourth-order valence-electron chi connectivity index (χ4n) is 4.43. The minimum atomic E-state index is -0.525. The van der Waals surface area contributed by atoms with Crippen LogP contribution in [0.15, 0.2) is 36.4 Å². The molecule has 0 bridgehead atoms. The molecule has 1 amide bonds. The second-order valence-corrected chi connectivity index (χ2v) is 10.5. The average Bonchev–Trinajstić information content (AvgIpc) is 3.58. The van der Waals surface area contributed by atoms with Gasteiger partial charge in [-0.2, -0.15) is 0 Å². The van der Waals surface area contributed by atoms with Crippen molar-refractivity contribution in [3.63, 3.8) is 0 Å². The molecule has 8 heteroatoms. The monoisotopic (exact) mass is 489 g/mol. The van der Waals surface area contributed by atoms with Gasteiger partial charge in [-0.25, -0.2) is 8.70 Å². The number of hydrogen-bond donors (Lipinski definition) is 1. The molecule has 3 aliphatic rings. The molecule has 0 unspecified atom stereocenters. The summed E-state index contributed by atoms with van der Waals surface area (Å²) in [6, 6.07) is 11.1. The molecular formula is C25H29ClFN3O2S. The van der Waals surface area contributed by atoms with Crippen LogP contribution in [0.2, 0.25) is 5.02 Å². The highest BCUT2D eigenvalue weighted by atomic mass is 35.5. The van der Waals surface area contributed by atoms with Gasteiger partial charge >= 0.3 is 0 Å². The van der Waals surface area contributed by atoms with Crippen LogP contribution in [-0.4, -0.2) is 47.4 Å². The van der Waals surface area contributed by atoms with E-state index >= 15 is 0 Å². The van der Waals surface area contributed by atoms with Gasteiger partial charge < -0.3 is 4.74 Å². The van der Waals surface area contributed by atoms with Gasteiger partial charge in [-0.05, 0) is 73.9 Å².